The number of hydrogen-bond acceptors (Lipinski definition) is 5. The molecule has 8 heteroatoms. The molecule has 0 radical (unpaired) electrons. The van der Waals surface area contributed by atoms with Crippen LogP contribution < -0.4 is 4.72 Å². The minimum Gasteiger partial charge on any atom is -0.393 e. The molecule has 104 valence electrons. The Morgan fingerprint density at radius 3 is 2.39 bits per heavy atom. The summed E-state index contributed by atoms with van der Waals surface area (Å²) in [6.07, 6.45) is 0. The van der Waals surface area contributed by atoms with Crippen LogP contribution in [-0.2, 0) is 17.1 Å². The van der Waals surface area contributed by atoms with E-state index in [0.29, 0.717) is 11.4 Å². The normalized spacial score (nSPS) is 15.7. The van der Waals surface area contributed by atoms with Crippen molar-refractivity contribution in [2.24, 2.45) is 7.05 Å². The summed E-state index contributed by atoms with van der Waals surface area (Å²) in [6.45, 7) is 3.81. The van der Waals surface area contributed by atoms with Gasteiger partial charge in [-0.3, -0.25) is 4.68 Å². The summed E-state index contributed by atoms with van der Waals surface area (Å²) in [5.74, 6) is 0. The van der Waals surface area contributed by atoms with E-state index in [9.17, 15) is 13.5 Å². The van der Waals surface area contributed by atoms with Gasteiger partial charge in [-0.25, -0.2) is 13.1 Å². The van der Waals surface area contributed by atoms with Crippen molar-refractivity contribution in [3.05, 3.63) is 11.4 Å². The van der Waals surface area contributed by atoms with Gasteiger partial charge in [-0.15, -0.1) is 0 Å². The Morgan fingerprint density at radius 1 is 1.44 bits per heavy atom. The third-order valence-corrected chi connectivity index (χ3v) is 4.35. The molecular weight excluding hydrogens is 258 g/mol. The van der Waals surface area contributed by atoms with Crippen molar-refractivity contribution in [2.45, 2.75) is 31.3 Å². The van der Waals surface area contributed by atoms with E-state index in [1.807, 2.05) is 0 Å². The number of nitrogens with one attached hydrogen (secondary N) is 1. The molecule has 0 saturated carbocycles. The van der Waals surface area contributed by atoms with Gasteiger partial charge in [0.2, 0.25) is 10.0 Å². The number of rotatable bonds is 5. The van der Waals surface area contributed by atoms with Crippen molar-refractivity contribution in [3.63, 3.8) is 0 Å². The van der Waals surface area contributed by atoms with Crippen LogP contribution in [0.15, 0.2) is 4.90 Å². The second-order valence-electron chi connectivity index (χ2n) is 4.60. The molecular formula is C10H19N3O4S. The van der Waals surface area contributed by atoms with Gasteiger partial charge in [-0.2, -0.15) is 5.10 Å². The summed E-state index contributed by atoms with van der Waals surface area (Å²) in [4.78, 5) is 0.110. The summed E-state index contributed by atoms with van der Waals surface area (Å²) in [5.41, 5.74) is -0.577. The Balaban J connectivity index is 3.01. The molecule has 1 heterocycles. The lowest BCUT2D eigenvalue weighted by molar-refractivity contribution is 0.00681. The maximum Gasteiger partial charge on any atom is 0.244 e. The lowest BCUT2D eigenvalue weighted by Crippen LogP contribution is -2.43. The SMILES string of the molecule is Cc1nn(C)c(C)c1S(=O)(=O)NCC(C)(O)CO. The van der Waals surface area contributed by atoms with Crippen molar-refractivity contribution in [3.8, 4) is 0 Å². The van der Waals surface area contributed by atoms with Gasteiger partial charge in [0, 0.05) is 13.6 Å². The number of aliphatic hydroxyl groups is 2. The van der Waals surface area contributed by atoms with Crippen LogP contribution in [0.1, 0.15) is 18.3 Å². The molecule has 0 amide bonds. The molecule has 1 unspecified atom stereocenters. The lowest BCUT2D eigenvalue weighted by Gasteiger charge is -2.20. The number of nitrogens with zero attached hydrogens (tertiary/aromatic N) is 2. The molecule has 0 aromatic carbocycles. The van der Waals surface area contributed by atoms with Gasteiger partial charge >= 0.3 is 0 Å². The Hall–Kier alpha value is -0.960. The topological polar surface area (TPSA) is 104 Å². The molecule has 0 spiro atoms. The van der Waals surface area contributed by atoms with Crippen LogP contribution in [0.3, 0.4) is 0 Å². The zero-order chi connectivity index (χ0) is 14.1. The fourth-order valence-corrected chi connectivity index (χ4v) is 3.12. The predicted octanol–water partition coefficient (Wildman–Crippen LogP) is -0.941. The van der Waals surface area contributed by atoms with Crippen molar-refractivity contribution in [2.75, 3.05) is 13.2 Å². The highest BCUT2D eigenvalue weighted by Gasteiger charge is 2.27. The Kier molecular flexibility index (Phi) is 4.16. The largest absolute Gasteiger partial charge is 0.393 e. The van der Waals surface area contributed by atoms with E-state index in [0.717, 1.165) is 0 Å². The van der Waals surface area contributed by atoms with Crippen molar-refractivity contribution < 1.29 is 18.6 Å². The molecule has 7 nitrogen and oxygen atoms in total. The average molecular weight is 277 g/mol. The van der Waals surface area contributed by atoms with Crippen LogP contribution in [0.5, 0.6) is 0 Å². The van der Waals surface area contributed by atoms with Crippen LogP contribution in [-0.4, -0.2) is 47.2 Å². The third-order valence-electron chi connectivity index (χ3n) is 2.70. The molecule has 1 atom stereocenters. The average Bonchev–Trinajstić information content (AvgIpc) is 2.51. The van der Waals surface area contributed by atoms with Crippen LogP contribution in [0.4, 0.5) is 0 Å². The summed E-state index contributed by atoms with van der Waals surface area (Å²) in [7, 11) is -2.09. The molecule has 0 saturated heterocycles. The first-order chi connectivity index (χ1) is 8.10. The predicted molar refractivity (Wildman–Crippen MR) is 65.6 cm³/mol. The molecule has 0 bridgehead atoms. The smallest absolute Gasteiger partial charge is 0.244 e. The Bertz CT molecular complexity index is 534. The summed E-state index contributed by atoms with van der Waals surface area (Å²) in [5, 5.41) is 22.5. The van der Waals surface area contributed by atoms with Gasteiger partial charge in [0.05, 0.1) is 23.6 Å². The quantitative estimate of drug-likeness (QED) is 0.644. The number of hydrogen-bond donors (Lipinski definition) is 3. The molecule has 1 aromatic rings. The molecule has 0 aliphatic rings. The van der Waals surface area contributed by atoms with Crippen molar-refractivity contribution in [1.29, 1.82) is 0 Å². The first-order valence-corrected chi connectivity index (χ1v) is 6.92. The van der Waals surface area contributed by atoms with E-state index >= 15 is 0 Å². The van der Waals surface area contributed by atoms with Crippen molar-refractivity contribution >= 4 is 10.0 Å². The van der Waals surface area contributed by atoms with E-state index in [4.69, 9.17) is 5.11 Å². The molecule has 1 aromatic heterocycles. The fourth-order valence-electron chi connectivity index (χ4n) is 1.52. The molecule has 18 heavy (non-hydrogen) atoms. The molecule has 3 N–H and O–H groups in total. The van der Waals surface area contributed by atoms with E-state index < -0.39 is 22.2 Å². The molecule has 0 fully saturated rings. The summed E-state index contributed by atoms with van der Waals surface area (Å²) >= 11 is 0. The molecule has 0 aliphatic carbocycles. The zero-order valence-corrected chi connectivity index (χ0v) is 11.7. The summed E-state index contributed by atoms with van der Waals surface area (Å²) in [6, 6.07) is 0. The van der Waals surface area contributed by atoms with Gasteiger partial charge in [-0.05, 0) is 20.8 Å². The minimum absolute atomic E-state index is 0.110. The number of aliphatic hydroxyl groups excluding tert-OH is 1. The lowest BCUT2D eigenvalue weighted by atomic mass is 10.1. The van der Waals surface area contributed by atoms with Gasteiger partial charge in [0.25, 0.3) is 0 Å². The number of aryl methyl sites for hydroxylation is 2. The minimum atomic E-state index is -3.75. The highest BCUT2D eigenvalue weighted by molar-refractivity contribution is 7.89. The van der Waals surface area contributed by atoms with Crippen LogP contribution >= 0.6 is 0 Å². The van der Waals surface area contributed by atoms with Gasteiger partial charge in [-0.1, -0.05) is 0 Å². The monoisotopic (exact) mass is 277 g/mol. The van der Waals surface area contributed by atoms with Crippen LogP contribution in [0.2, 0.25) is 0 Å². The maximum atomic E-state index is 12.1. The molecule has 1 rings (SSSR count). The number of sulfonamides is 1. The van der Waals surface area contributed by atoms with Crippen molar-refractivity contribution in [1.82, 2.24) is 14.5 Å². The number of aromatic nitrogens is 2. The second-order valence-corrected chi connectivity index (χ2v) is 6.31. The Morgan fingerprint density at radius 2 is 2.00 bits per heavy atom. The van der Waals surface area contributed by atoms with E-state index in [-0.39, 0.29) is 11.4 Å². The van der Waals surface area contributed by atoms with E-state index in [2.05, 4.69) is 9.82 Å². The zero-order valence-electron chi connectivity index (χ0n) is 10.9. The maximum absolute atomic E-state index is 12.1. The van der Waals surface area contributed by atoms with Gasteiger partial charge in [0.1, 0.15) is 4.90 Å². The van der Waals surface area contributed by atoms with Crippen LogP contribution in [0, 0.1) is 13.8 Å². The second kappa shape index (κ2) is 4.96. The van der Waals surface area contributed by atoms with Gasteiger partial charge in [0.15, 0.2) is 0 Å². The fraction of sp³-hybridized carbons (Fsp3) is 0.700. The van der Waals surface area contributed by atoms with Crippen LogP contribution in [0.25, 0.3) is 0 Å². The summed E-state index contributed by atoms with van der Waals surface area (Å²) < 4.78 is 27.9. The Labute approximate surface area is 106 Å². The first kappa shape index (κ1) is 15.1. The highest BCUT2D eigenvalue weighted by Crippen LogP contribution is 2.18. The first-order valence-electron chi connectivity index (χ1n) is 5.44. The molecule has 0 aliphatic heterocycles. The third kappa shape index (κ3) is 3.08. The van der Waals surface area contributed by atoms with E-state index in [1.54, 1.807) is 20.9 Å². The standard InChI is InChI=1S/C10H19N3O4S/c1-7-9(8(2)13(4)12-7)18(16,17)11-5-10(3,15)6-14/h11,14-15H,5-6H2,1-4H3. The van der Waals surface area contributed by atoms with E-state index in [1.165, 1.54) is 11.6 Å². The van der Waals surface area contributed by atoms with Gasteiger partial charge < -0.3 is 10.2 Å². The highest BCUT2D eigenvalue weighted by atomic mass is 32.2.